The number of hydrogen-bond acceptors (Lipinski definition) is 5. The van der Waals surface area contributed by atoms with E-state index in [4.69, 9.17) is 5.14 Å². The summed E-state index contributed by atoms with van der Waals surface area (Å²) in [5.41, 5.74) is 0.425. The molecule has 1 saturated heterocycles. The second-order valence-electron chi connectivity index (χ2n) is 5.14. The van der Waals surface area contributed by atoms with Gasteiger partial charge in [0.2, 0.25) is 15.9 Å². The fraction of sp³-hybridized carbons (Fsp3) is 0.462. The summed E-state index contributed by atoms with van der Waals surface area (Å²) in [6.45, 7) is 4.86. The molecule has 7 nitrogen and oxygen atoms in total. The number of halogens is 1. The molecule has 1 amide bonds. The fourth-order valence-electron chi connectivity index (χ4n) is 2.25. The van der Waals surface area contributed by atoms with Crippen molar-refractivity contribution in [2.75, 3.05) is 31.5 Å². The van der Waals surface area contributed by atoms with Crippen LogP contribution in [0.2, 0.25) is 0 Å². The summed E-state index contributed by atoms with van der Waals surface area (Å²) in [5.74, 6) is -0.171. The number of piperazine rings is 1. The predicted molar refractivity (Wildman–Crippen MR) is 87.6 cm³/mol. The predicted octanol–water partition coefficient (Wildman–Crippen LogP) is -0.0120. The molecule has 1 fully saturated rings. The number of sulfonamides is 1. The number of amides is 1. The Morgan fingerprint density at radius 3 is 2.86 bits per heavy atom. The molecule has 0 aliphatic carbocycles. The maximum atomic E-state index is 12.0. The van der Waals surface area contributed by atoms with Gasteiger partial charge in [-0.3, -0.25) is 9.69 Å². The van der Waals surface area contributed by atoms with Crippen LogP contribution < -0.4 is 15.8 Å². The highest BCUT2D eigenvalue weighted by Gasteiger charge is 2.20. The van der Waals surface area contributed by atoms with Crippen LogP contribution in [-0.2, 0) is 14.8 Å². The lowest BCUT2D eigenvalue weighted by Gasteiger charge is -2.33. The number of anilines is 1. The van der Waals surface area contributed by atoms with Gasteiger partial charge in [0.05, 0.1) is 11.4 Å². The molecule has 124 valence electrons. The molecule has 9 heteroatoms. The summed E-state index contributed by atoms with van der Waals surface area (Å²) in [6, 6.07) is 6.22. The van der Waals surface area contributed by atoms with Crippen molar-refractivity contribution in [3.05, 3.63) is 24.3 Å². The molecule has 0 bridgehead atoms. The fourth-order valence-corrected chi connectivity index (χ4v) is 2.81. The molecular formula is C13H21ClN4O3S. The van der Waals surface area contributed by atoms with Gasteiger partial charge in [0.15, 0.2) is 0 Å². The number of nitrogens with one attached hydrogen (secondary N) is 2. The van der Waals surface area contributed by atoms with Gasteiger partial charge in [0.1, 0.15) is 0 Å². The molecule has 22 heavy (non-hydrogen) atoms. The molecule has 1 heterocycles. The van der Waals surface area contributed by atoms with E-state index >= 15 is 0 Å². The zero-order valence-corrected chi connectivity index (χ0v) is 13.9. The first-order chi connectivity index (χ1) is 9.86. The molecule has 1 aromatic rings. The lowest BCUT2D eigenvalue weighted by molar-refractivity contribution is -0.118. The number of benzene rings is 1. The molecule has 0 unspecified atom stereocenters. The topological polar surface area (TPSA) is 105 Å². The lowest BCUT2D eigenvalue weighted by atomic mass is 10.2. The van der Waals surface area contributed by atoms with Gasteiger partial charge in [-0.1, -0.05) is 6.07 Å². The Bertz CT molecular complexity index is 623. The van der Waals surface area contributed by atoms with Crippen LogP contribution in [0.1, 0.15) is 6.92 Å². The van der Waals surface area contributed by atoms with Gasteiger partial charge in [-0.25, -0.2) is 13.6 Å². The summed E-state index contributed by atoms with van der Waals surface area (Å²) in [7, 11) is -3.77. The summed E-state index contributed by atoms with van der Waals surface area (Å²) in [6.07, 6.45) is 0. The van der Waals surface area contributed by atoms with Crippen LogP contribution in [0.5, 0.6) is 0 Å². The molecule has 1 atom stereocenters. The molecule has 1 aliphatic heterocycles. The van der Waals surface area contributed by atoms with E-state index in [0.717, 1.165) is 19.6 Å². The van der Waals surface area contributed by atoms with Gasteiger partial charge in [-0.2, -0.15) is 0 Å². The van der Waals surface area contributed by atoms with Crippen molar-refractivity contribution >= 4 is 34.0 Å². The molecule has 0 radical (unpaired) electrons. The van der Waals surface area contributed by atoms with E-state index in [2.05, 4.69) is 22.5 Å². The van der Waals surface area contributed by atoms with Gasteiger partial charge in [-0.15, -0.1) is 12.4 Å². The maximum absolute atomic E-state index is 12.0. The van der Waals surface area contributed by atoms with Crippen molar-refractivity contribution in [2.24, 2.45) is 5.14 Å². The average Bonchev–Trinajstić information content (AvgIpc) is 2.41. The van der Waals surface area contributed by atoms with Crippen LogP contribution in [0.25, 0.3) is 0 Å². The van der Waals surface area contributed by atoms with Crippen LogP contribution in [0.3, 0.4) is 0 Å². The Kier molecular flexibility index (Phi) is 6.76. The third kappa shape index (κ3) is 5.22. The minimum Gasteiger partial charge on any atom is -0.325 e. The van der Waals surface area contributed by atoms with E-state index in [1.165, 1.54) is 12.1 Å². The van der Waals surface area contributed by atoms with Crippen molar-refractivity contribution in [1.29, 1.82) is 0 Å². The van der Waals surface area contributed by atoms with Gasteiger partial charge < -0.3 is 10.6 Å². The van der Waals surface area contributed by atoms with Gasteiger partial charge in [-0.05, 0) is 25.1 Å². The molecule has 0 aromatic heterocycles. The smallest absolute Gasteiger partial charge is 0.238 e. The number of nitrogens with zero attached hydrogens (tertiary/aromatic N) is 1. The van der Waals surface area contributed by atoms with Gasteiger partial charge in [0, 0.05) is 31.4 Å². The molecule has 1 aliphatic rings. The lowest BCUT2D eigenvalue weighted by Crippen LogP contribution is -2.51. The maximum Gasteiger partial charge on any atom is 0.238 e. The first-order valence-corrected chi connectivity index (χ1v) is 8.28. The zero-order chi connectivity index (χ0) is 15.5. The second-order valence-corrected chi connectivity index (χ2v) is 6.71. The van der Waals surface area contributed by atoms with E-state index in [-0.39, 0.29) is 29.8 Å². The van der Waals surface area contributed by atoms with Crippen LogP contribution >= 0.6 is 12.4 Å². The Morgan fingerprint density at radius 2 is 2.23 bits per heavy atom. The van der Waals surface area contributed by atoms with E-state index in [0.29, 0.717) is 11.7 Å². The largest absolute Gasteiger partial charge is 0.325 e. The standard InChI is InChI=1S/C13H20N4O3S.ClH/c1-10-8-15-5-6-17(10)9-13(18)16-11-3-2-4-12(7-11)21(14,19)20;/h2-4,7,10,15H,5-6,8-9H2,1H3,(H,16,18)(H2,14,19,20);1H/t10-;/m0./s1. The Morgan fingerprint density at radius 1 is 1.50 bits per heavy atom. The third-order valence-corrected chi connectivity index (χ3v) is 4.34. The highest BCUT2D eigenvalue weighted by Crippen LogP contribution is 2.14. The molecule has 0 saturated carbocycles. The van der Waals surface area contributed by atoms with E-state index in [9.17, 15) is 13.2 Å². The zero-order valence-electron chi connectivity index (χ0n) is 12.3. The van der Waals surface area contributed by atoms with Crippen LogP contribution in [0.15, 0.2) is 29.2 Å². The molecule has 0 spiro atoms. The van der Waals surface area contributed by atoms with Crippen molar-refractivity contribution < 1.29 is 13.2 Å². The molecule has 1 aromatic carbocycles. The van der Waals surface area contributed by atoms with Crippen LogP contribution in [-0.4, -0.2) is 51.4 Å². The van der Waals surface area contributed by atoms with Crippen molar-refractivity contribution in [3.63, 3.8) is 0 Å². The average molecular weight is 349 g/mol. The van der Waals surface area contributed by atoms with Crippen molar-refractivity contribution in [2.45, 2.75) is 17.9 Å². The van der Waals surface area contributed by atoms with Crippen LogP contribution in [0, 0.1) is 0 Å². The number of rotatable bonds is 4. The molecule has 2 rings (SSSR count). The van der Waals surface area contributed by atoms with E-state index < -0.39 is 10.0 Å². The first-order valence-electron chi connectivity index (χ1n) is 6.74. The number of primary sulfonamides is 1. The monoisotopic (exact) mass is 348 g/mol. The quantitative estimate of drug-likeness (QED) is 0.709. The Hall–Kier alpha value is -1.19. The number of nitrogens with two attached hydrogens (primary N) is 1. The first kappa shape index (κ1) is 18.9. The van der Waals surface area contributed by atoms with Gasteiger partial charge >= 0.3 is 0 Å². The summed E-state index contributed by atoms with van der Waals surface area (Å²) in [5, 5.41) is 11.0. The van der Waals surface area contributed by atoms with E-state index in [1.807, 2.05) is 0 Å². The van der Waals surface area contributed by atoms with Crippen molar-refractivity contribution in [3.8, 4) is 0 Å². The minimum atomic E-state index is -3.77. The van der Waals surface area contributed by atoms with Crippen molar-refractivity contribution in [1.82, 2.24) is 10.2 Å². The van der Waals surface area contributed by atoms with E-state index in [1.54, 1.807) is 12.1 Å². The van der Waals surface area contributed by atoms with Crippen LogP contribution in [0.4, 0.5) is 5.69 Å². The number of carbonyl (C=O) groups excluding carboxylic acids is 1. The third-order valence-electron chi connectivity index (χ3n) is 3.43. The van der Waals surface area contributed by atoms with Gasteiger partial charge in [0.25, 0.3) is 0 Å². The SMILES string of the molecule is C[C@H]1CNCCN1CC(=O)Nc1cccc(S(N)(=O)=O)c1.Cl. The molecule has 4 N–H and O–H groups in total. The normalized spacial score (nSPS) is 19.3. The highest BCUT2D eigenvalue weighted by atomic mass is 35.5. The number of carbonyl (C=O) groups is 1. The Balaban J connectivity index is 0.00000242. The summed E-state index contributed by atoms with van der Waals surface area (Å²) >= 11 is 0. The number of hydrogen-bond donors (Lipinski definition) is 3. The minimum absolute atomic E-state index is 0. The Labute approximate surface area is 136 Å². The highest BCUT2D eigenvalue weighted by molar-refractivity contribution is 7.89. The molecular weight excluding hydrogens is 328 g/mol. The summed E-state index contributed by atoms with van der Waals surface area (Å²) in [4.78, 5) is 14.1. The summed E-state index contributed by atoms with van der Waals surface area (Å²) < 4.78 is 22.6. The second kappa shape index (κ2) is 7.89.